The molecule has 0 spiro atoms. The summed E-state index contributed by atoms with van der Waals surface area (Å²) in [4.78, 5) is 23.9. The monoisotopic (exact) mass is 318 g/mol. The van der Waals surface area contributed by atoms with E-state index in [-0.39, 0.29) is 17.9 Å². The van der Waals surface area contributed by atoms with E-state index in [1.807, 2.05) is 0 Å². The van der Waals surface area contributed by atoms with E-state index < -0.39 is 0 Å². The third-order valence-corrected chi connectivity index (χ3v) is 4.92. The van der Waals surface area contributed by atoms with Gasteiger partial charge < -0.3 is 10.6 Å². The summed E-state index contributed by atoms with van der Waals surface area (Å²) < 4.78 is 0. The summed E-state index contributed by atoms with van der Waals surface area (Å²) in [5.41, 5.74) is 2.48. The molecule has 1 fully saturated rings. The number of carbonyl (C=O) groups excluding carboxylic acids is 1. The Bertz CT molecular complexity index is 607. The van der Waals surface area contributed by atoms with Crippen molar-refractivity contribution >= 4 is 5.91 Å². The van der Waals surface area contributed by atoms with Gasteiger partial charge in [-0.05, 0) is 57.1 Å². The van der Waals surface area contributed by atoms with Crippen LogP contribution in [-0.2, 0) is 24.1 Å². The minimum absolute atomic E-state index is 0.0130. The summed E-state index contributed by atoms with van der Waals surface area (Å²) >= 11 is 0. The third kappa shape index (κ3) is 4.19. The molecular formula is C17H26N4O2. The second-order valence-electron chi connectivity index (χ2n) is 6.63. The molecule has 0 aromatic carbocycles. The van der Waals surface area contributed by atoms with Gasteiger partial charge in [0.15, 0.2) is 0 Å². The molecule has 0 unspecified atom stereocenters. The van der Waals surface area contributed by atoms with Crippen molar-refractivity contribution in [2.75, 3.05) is 13.1 Å². The standard InChI is InChI=1S/C17H26N4O2/c22-16(19-10-4-9-18-12-5-3-6-12)11-15-13-7-1-2-8-14(13)17(23)21-20-15/h12,18H,1-11H2,(H,19,22)(H,21,23). The maximum Gasteiger partial charge on any atom is 0.267 e. The van der Waals surface area contributed by atoms with E-state index in [9.17, 15) is 9.59 Å². The van der Waals surface area contributed by atoms with Crippen LogP contribution in [0.1, 0.15) is 55.3 Å². The van der Waals surface area contributed by atoms with Crippen LogP contribution >= 0.6 is 0 Å². The molecule has 0 saturated heterocycles. The molecule has 6 nitrogen and oxygen atoms in total. The van der Waals surface area contributed by atoms with Crippen molar-refractivity contribution in [3.63, 3.8) is 0 Å². The van der Waals surface area contributed by atoms with E-state index in [0.717, 1.165) is 55.5 Å². The van der Waals surface area contributed by atoms with Crippen molar-refractivity contribution in [1.29, 1.82) is 0 Å². The Morgan fingerprint density at radius 1 is 1.13 bits per heavy atom. The Balaban J connectivity index is 1.45. The largest absolute Gasteiger partial charge is 0.356 e. The number of rotatable bonds is 7. The van der Waals surface area contributed by atoms with Gasteiger partial charge in [0.2, 0.25) is 5.91 Å². The minimum atomic E-state index is -0.0917. The lowest BCUT2D eigenvalue weighted by Gasteiger charge is -2.26. The second-order valence-corrected chi connectivity index (χ2v) is 6.63. The Labute approximate surface area is 136 Å². The van der Waals surface area contributed by atoms with Gasteiger partial charge >= 0.3 is 0 Å². The lowest BCUT2D eigenvalue weighted by molar-refractivity contribution is -0.120. The molecule has 1 saturated carbocycles. The van der Waals surface area contributed by atoms with Crippen molar-refractivity contribution in [1.82, 2.24) is 20.8 Å². The third-order valence-electron chi connectivity index (χ3n) is 4.92. The van der Waals surface area contributed by atoms with Crippen molar-refractivity contribution in [3.05, 3.63) is 27.2 Å². The maximum atomic E-state index is 12.1. The van der Waals surface area contributed by atoms with Crippen LogP contribution < -0.4 is 16.2 Å². The van der Waals surface area contributed by atoms with Gasteiger partial charge in [-0.3, -0.25) is 9.59 Å². The molecule has 3 N–H and O–H groups in total. The van der Waals surface area contributed by atoms with Crippen molar-refractivity contribution < 1.29 is 4.79 Å². The van der Waals surface area contributed by atoms with Crippen LogP contribution in [0.4, 0.5) is 0 Å². The lowest BCUT2D eigenvalue weighted by atomic mass is 9.91. The number of nitrogens with zero attached hydrogens (tertiary/aromatic N) is 1. The summed E-state index contributed by atoms with van der Waals surface area (Å²) in [6, 6.07) is 0.697. The number of aromatic nitrogens is 2. The van der Waals surface area contributed by atoms with Gasteiger partial charge in [0.05, 0.1) is 12.1 Å². The minimum Gasteiger partial charge on any atom is -0.356 e. The van der Waals surface area contributed by atoms with Gasteiger partial charge in [-0.1, -0.05) is 6.42 Å². The van der Waals surface area contributed by atoms with Crippen LogP contribution in [-0.4, -0.2) is 35.2 Å². The number of hydrogen-bond donors (Lipinski definition) is 3. The molecule has 3 rings (SSSR count). The van der Waals surface area contributed by atoms with Crippen LogP contribution in [0, 0.1) is 0 Å². The number of H-pyrrole nitrogens is 1. The normalized spacial score (nSPS) is 17.4. The number of nitrogens with one attached hydrogen (secondary N) is 3. The fraction of sp³-hybridized carbons (Fsp3) is 0.706. The zero-order chi connectivity index (χ0) is 16.1. The Hall–Kier alpha value is -1.69. The van der Waals surface area contributed by atoms with Gasteiger partial charge in [-0.15, -0.1) is 0 Å². The number of carbonyl (C=O) groups is 1. The molecule has 1 heterocycles. The molecular weight excluding hydrogens is 292 g/mol. The van der Waals surface area contributed by atoms with E-state index in [0.29, 0.717) is 12.6 Å². The highest BCUT2D eigenvalue weighted by molar-refractivity contribution is 5.78. The highest BCUT2D eigenvalue weighted by Gasteiger charge is 2.19. The SMILES string of the molecule is O=C(Cc1n[nH]c(=O)c2c1CCCC2)NCCCNC1CCC1. The molecule has 0 radical (unpaired) electrons. The van der Waals surface area contributed by atoms with Gasteiger partial charge in [0, 0.05) is 18.2 Å². The van der Waals surface area contributed by atoms with Crippen molar-refractivity contribution in [2.45, 2.75) is 63.8 Å². The van der Waals surface area contributed by atoms with E-state index in [2.05, 4.69) is 20.8 Å². The number of amides is 1. The first-order valence-electron chi connectivity index (χ1n) is 8.83. The molecule has 0 bridgehead atoms. The number of aromatic amines is 1. The molecule has 2 aliphatic carbocycles. The summed E-state index contributed by atoms with van der Waals surface area (Å²) in [6.07, 6.45) is 8.89. The summed E-state index contributed by atoms with van der Waals surface area (Å²) in [5.74, 6) is -0.0130. The summed E-state index contributed by atoms with van der Waals surface area (Å²) in [7, 11) is 0. The van der Waals surface area contributed by atoms with Crippen LogP contribution in [0.25, 0.3) is 0 Å². The van der Waals surface area contributed by atoms with Crippen molar-refractivity contribution in [3.8, 4) is 0 Å². The van der Waals surface area contributed by atoms with Crippen LogP contribution in [0.5, 0.6) is 0 Å². The topological polar surface area (TPSA) is 86.9 Å². The fourth-order valence-corrected chi connectivity index (χ4v) is 3.32. The average Bonchev–Trinajstić information content (AvgIpc) is 2.52. The predicted molar refractivity (Wildman–Crippen MR) is 88.5 cm³/mol. The van der Waals surface area contributed by atoms with E-state index in [4.69, 9.17) is 0 Å². The molecule has 2 aliphatic rings. The first kappa shape index (κ1) is 16.2. The Morgan fingerprint density at radius 2 is 1.91 bits per heavy atom. The van der Waals surface area contributed by atoms with Crippen LogP contribution in [0.2, 0.25) is 0 Å². The summed E-state index contributed by atoms with van der Waals surface area (Å²) in [6.45, 7) is 1.64. The molecule has 0 aliphatic heterocycles. The fourth-order valence-electron chi connectivity index (χ4n) is 3.32. The molecule has 1 aromatic rings. The van der Waals surface area contributed by atoms with Gasteiger partial charge in [-0.2, -0.15) is 5.10 Å². The predicted octanol–water partition coefficient (Wildman–Crippen LogP) is 0.840. The van der Waals surface area contributed by atoms with Crippen molar-refractivity contribution in [2.24, 2.45) is 0 Å². The first-order valence-corrected chi connectivity index (χ1v) is 8.83. The summed E-state index contributed by atoms with van der Waals surface area (Å²) in [5, 5.41) is 13.1. The smallest absolute Gasteiger partial charge is 0.267 e. The average molecular weight is 318 g/mol. The molecule has 1 amide bonds. The highest BCUT2D eigenvalue weighted by atomic mass is 16.1. The quantitative estimate of drug-likeness (QED) is 0.650. The van der Waals surface area contributed by atoms with E-state index >= 15 is 0 Å². The molecule has 23 heavy (non-hydrogen) atoms. The molecule has 0 atom stereocenters. The second kappa shape index (κ2) is 7.73. The van der Waals surface area contributed by atoms with Gasteiger partial charge in [0.25, 0.3) is 5.56 Å². The van der Waals surface area contributed by atoms with Crippen LogP contribution in [0.15, 0.2) is 4.79 Å². The molecule has 1 aromatic heterocycles. The lowest BCUT2D eigenvalue weighted by Crippen LogP contribution is -2.37. The maximum absolute atomic E-state index is 12.1. The first-order chi connectivity index (χ1) is 11.2. The Kier molecular flexibility index (Phi) is 5.43. The number of hydrogen-bond acceptors (Lipinski definition) is 4. The van der Waals surface area contributed by atoms with Gasteiger partial charge in [0.1, 0.15) is 0 Å². The van der Waals surface area contributed by atoms with E-state index in [1.165, 1.54) is 19.3 Å². The van der Waals surface area contributed by atoms with Gasteiger partial charge in [-0.25, -0.2) is 5.10 Å². The zero-order valence-electron chi connectivity index (χ0n) is 13.6. The highest BCUT2D eigenvalue weighted by Crippen LogP contribution is 2.20. The van der Waals surface area contributed by atoms with E-state index in [1.54, 1.807) is 0 Å². The Morgan fingerprint density at radius 3 is 2.65 bits per heavy atom. The molecule has 126 valence electrons. The molecule has 6 heteroatoms. The zero-order valence-corrected chi connectivity index (χ0v) is 13.6. The van der Waals surface area contributed by atoms with Crippen LogP contribution in [0.3, 0.4) is 0 Å². The number of fused-ring (bicyclic) bond motifs is 1.